The van der Waals surface area contributed by atoms with E-state index in [-0.39, 0.29) is 5.76 Å². The maximum atomic E-state index is 10.8. The van der Waals surface area contributed by atoms with Gasteiger partial charge in [0.15, 0.2) is 0 Å². The van der Waals surface area contributed by atoms with Crippen LogP contribution < -0.4 is 0 Å². The van der Waals surface area contributed by atoms with Crippen molar-refractivity contribution in [2.45, 2.75) is 39.3 Å². The number of carboxylic acid groups (broad SMARTS) is 1. The summed E-state index contributed by atoms with van der Waals surface area (Å²) in [6.07, 6.45) is 2.63. The van der Waals surface area contributed by atoms with E-state index in [4.69, 9.17) is 9.52 Å². The molecular weight excluding hydrogens is 218 g/mol. The van der Waals surface area contributed by atoms with E-state index in [1.807, 2.05) is 6.92 Å². The van der Waals surface area contributed by atoms with Crippen LogP contribution in [0.2, 0.25) is 0 Å². The number of nitrogens with zero attached hydrogens (tertiary/aromatic N) is 1. The van der Waals surface area contributed by atoms with Gasteiger partial charge in [-0.1, -0.05) is 0 Å². The van der Waals surface area contributed by atoms with E-state index in [0.29, 0.717) is 11.8 Å². The summed E-state index contributed by atoms with van der Waals surface area (Å²) in [5, 5.41) is 8.86. The Morgan fingerprint density at radius 2 is 2.29 bits per heavy atom. The molecule has 1 aromatic heterocycles. The van der Waals surface area contributed by atoms with Gasteiger partial charge in [0.2, 0.25) is 5.76 Å². The van der Waals surface area contributed by atoms with Crippen LogP contribution in [0, 0.1) is 12.8 Å². The number of hydrogen-bond donors (Lipinski definition) is 1. The van der Waals surface area contributed by atoms with Crippen LogP contribution in [0.1, 0.15) is 41.6 Å². The second-order valence-corrected chi connectivity index (χ2v) is 4.99. The number of carbonyl (C=O) groups is 1. The third kappa shape index (κ3) is 2.69. The standard InChI is InChI=1S/C13H19NO3/c1-8(10-4-5-10)14(3)7-11-6-12(13(15)16)17-9(11)2/h6,8,10H,4-5,7H2,1-3H3,(H,15,16). The van der Waals surface area contributed by atoms with Crippen molar-refractivity contribution in [1.29, 1.82) is 0 Å². The lowest BCUT2D eigenvalue weighted by molar-refractivity contribution is 0.0661. The number of hydrogen-bond acceptors (Lipinski definition) is 3. The SMILES string of the molecule is Cc1oc(C(=O)O)cc1CN(C)C(C)C1CC1. The van der Waals surface area contributed by atoms with Crippen LogP contribution in [0.5, 0.6) is 0 Å². The normalized spacial score (nSPS) is 17.4. The summed E-state index contributed by atoms with van der Waals surface area (Å²) in [7, 11) is 2.08. The van der Waals surface area contributed by atoms with Gasteiger partial charge in [0.05, 0.1) is 0 Å². The molecule has 4 heteroatoms. The van der Waals surface area contributed by atoms with Gasteiger partial charge < -0.3 is 9.52 Å². The third-order valence-corrected chi connectivity index (χ3v) is 3.65. The molecule has 1 N–H and O–H groups in total. The first-order valence-corrected chi connectivity index (χ1v) is 6.02. The average molecular weight is 237 g/mol. The fraction of sp³-hybridized carbons (Fsp3) is 0.615. The zero-order chi connectivity index (χ0) is 12.6. The van der Waals surface area contributed by atoms with E-state index >= 15 is 0 Å². The molecule has 0 bridgehead atoms. The Bertz CT molecular complexity index is 420. The minimum absolute atomic E-state index is 0.0324. The minimum atomic E-state index is -1.00. The van der Waals surface area contributed by atoms with Gasteiger partial charge in [-0.15, -0.1) is 0 Å². The van der Waals surface area contributed by atoms with Crippen molar-refractivity contribution < 1.29 is 14.3 Å². The number of furan rings is 1. The Balaban J connectivity index is 2.04. The summed E-state index contributed by atoms with van der Waals surface area (Å²) in [6, 6.07) is 2.19. The molecule has 1 aromatic rings. The Kier molecular flexibility index (Phi) is 3.24. The topological polar surface area (TPSA) is 53.7 Å². The van der Waals surface area contributed by atoms with Crippen LogP contribution in [0.15, 0.2) is 10.5 Å². The maximum Gasteiger partial charge on any atom is 0.371 e. The Morgan fingerprint density at radius 1 is 1.65 bits per heavy atom. The molecule has 1 fully saturated rings. The zero-order valence-electron chi connectivity index (χ0n) is 10.6. The average Bonchev–Trinajstić information content (AvgIpc) is 3.04. The summed E-state index contributed by atoms with van der Waals surface area (Å²) in [5.74, 6) is 0.547. The summed E-state index contributed by atoms with van der Waals surface area (Å²) in [6.45, 7) is 4.79. The van der Waals surface area contributed by atoms with E-state index in [2.05, 4.69) is 18.9 Å². The van der Waals surface area contributed by atoms with E-state index in [9.17, 15) is 4.79 Å². The highest BCUT2D eigenvalue weighted by molar-refractivity contribution is 5.84. The largest absolute Gasteiger partial charge is 0.475 e. The zero-order valence-corrected chi connectivity index (χ0v) is 10.6. The van der Waals surface area contributed by atoms with E-state index in [0.717, 1.165) is 18.0 Å². The molecule has 2 rings (SSSR count). The van der Waals surface area contributed by atoms with Crippen LogP contribution >= 0.6 is 0 Å². The first kappa shape index (κ1) is 12.2. The van der Waals surface area contributed by atoms with Crippen molar-refractivity contribution in [1.82, 2.24) is 4.90 Å². The molecule has 0 saturated heterocycles. The second-order valence-electron chi connectivity index (χ2n) is 4.99. The Labute approximate surface area is 101 Å². The molecule has 4 nitrogen and oxygen atoms in total. The Morgan fingerprint density at radius 3 is 2.76 bits per heavy atom. The molecule has 1 aliphatic carbocycles. The van der Waals surface area contributed by atoms with Crippen LogP contribution in [-0.2, 0) is 6.54 Å². The van der Waals surface area contributed by atoms with Gasteiger partial charge in [0.25, 0.3) is 0 Å². The molecular formula is C13H19NO3. The molecule has 1 atom stereocenters. The predicted octanol–water partition coefficient (Wildman–Crippen LogP) is 2.52. The highest BCUT2D eigenvalue weighted by Crippen LogP contribution is 2.35. The number of carboxylic acids is 1. The molecule has 1 heterocycles. The predicted molar refractivity (Wildman–Crippen MR) is 64.1 cm³/mol. The maximum absolute atomic E-state index is 10.8. The molecule has 94 valence electrons. The highest BCUT2D eigenvalue weighted by Gasteiger charge is 2.30. The monoisotopic (exact) mass is 237 g/mol. The molecule has 0 spiro atoms. The van der Waals surface area contributed by atoms with Crippen LogP contribution in [0.3, 0.4) is 0 Å². The first-order valence-electron chi connectivity index (χ1n) is 6.02. The van der Waals surface area contributed by atoms with Crippen LogP contribution in [0.4, 0.5) is 0 Å². The van der Waals surface area contributed by atoms with Crippen molar-refractivity contribution in [3.63, 3.8) is 0 Å². The quantitative estimate of drug-likeness (QED) is 0.855. The van der Waals surface area contributed by atoms with Gasteiger partial charge in [0, 0.05) is 18.2 Å². The lowest BCUT2D eigenvalue weighted by Gasteiger charge is -2.24. The molecule has 1 aliphatic rings. The van der Waals surface area contributed by atoms with Gasteiger partial charge >= 0.3 is 5.97 Å². The molecule has 1 unspecified atom stereocenters. The van der Waals surface area contributed by atoms with Crippen LogP contribution in [-0.4, -0.2) is 29.1 Å². The molecule has 0 aromatic carbocycles. The third-order valence-electron chi connectivity index (χ3n) is 3.65. The van der Waals surface area contributed by atoms with Crippen molar-refractivity contribution in [2.75, 3.05) is 7.05 Å². The van der Waals surface area contributed by atoms with Crippen molar-refractivity contribution in [2.24, 2.45) is 5.92 Å². The molecule has 1 saturated carbocycles. The Hall–Kier alpha value is -1.29. The van der Waals surface area contributed by atoms with E-state index in [1.54, 1.807) is 6.07 Å². The molecule has 0 amide bonds. The fourth-order valence-electron chi connectivity index (χ4n) is 2.13. The highest BCUT2D eigenvalue weighted by atomic mass is 16.4. The summed E-state index contributed by atoms with van der Waals surface area (Å²) in [4.78, 5) is 13.1. The lowest BCUT2D eigenvalue weighted by atomic mass is 10.1. The number of aryl methyl sites for hydroxylation is 1. The minimum Gasteiger partial charge on any atom is -0.475 e. The summed E-state index contributed by atoms with van der Waals surface area (Å²) in [5.41, 5.74) is 0.970. The van der Waals surface area contributed by atoms with E-state index < -0.39 is 5.97 Å². The van der Waals surface area contributed by atoms with Gasteiger partial charge in [-0.05, 0) is 45.7 Å². The van der Waals surface area contributed by atoms with Crippen molar-refractivity contribution >= 4 is 5.97 Å². The summed E-state index contributed by atoms with van der Waals surface area (Å²) >= 11 is 0. The van der Waals surface area contributed by atoms with Crippen LogP contribution in [0.25, 0.3) is 0 Å². The van der Waals surface area contributed by atoms with Gasteiger partial charge in [0.1, 0.15) is 5.76 Å². The van der Waals surface area contributed by atoms with Crippen molar-refractivity contribution in [3.8, 4) is 0 Å². The second kappa shape index (κ2) is 4.53. The molecule has 0 radical (unpaired) electrons. The smallest absolute Gasteiger partial charge is 0.371 e. The molecule has 17 heavy (non-hydrogen) atoms. The number of rotatable bonds is 5. The van der Waals surface area contributed by atoms with E-state index in [1.165, 1.54) is 12.8 Å². The molecule has 0 aliphatic heterocycles. The van der Waals surface area contributed by atoms with Gasteiger partial charge in [-0.2, -0.15) is 0 Å². The fourth-order valence-corrected chi connectivity index (χ4v) is 2.13. The first-order chi connectivity index (χ1) is 7.99. The summed E-state index contributed by atoms with van der Waals surface area (Å²) < 4.78 is 5.21. The van der Waals surface area contributed by atoms with Gasteiger partial charge in [-0.3, -0.25) is 4.90 Å². The van der Waals surface area contributed by atoms with Gasteiger partial charge in [-0.25, -0.2) is 4.79 Å². The van der Waals surface area contributed by atoms with Crippen molar-refractivity contribution in [3.05, 3.63) is 23.2 Å². The lowest BCUT2D eigenvalue weighted by Crippen LogP contribution is -2.30. The number of aromatic carboxylic acids is 1.